The second kappa shape index (κ2) is 11.2. The van der Waals surface area contributed by atoms with Crippen LogP contribution in [0.2, 0.25) is 0 Å². The first-order valence-electron chi connectivity index (χ1n) is 16.7. The van der Waals surface area contributed by atoms with E-state index in [2.05, 4.69) is 147 Å². The third-order valence-electron chi connectivity index (χ3n) is 10.5. The normalized spacial score (nSPS) is 11.7. The fraction of sp³-hybridized carbons (Fsp3) is 0. The largest absolute Gasteiger partial charge is 0.456 e. The lowest BCUT2D eigenvalue weighted by Gasteiger charge is -2.20. The van der Waals surface area contributed by atoms with Gasteiger partial charge in [-0.15, -0.1) is 16.4 Å². The van der Waals surface area contributed by atoms with Crippen LogP contribution in [0.5, 0.6) is 0 Å². The minimum absolute atomic E-state index is 0.586. The lowest BCUT2D eigenvalue weighted by Crippen LogP contribution is -2.55. The molecule has 49 heavy (non-hydrogen) atoms. The van der Waals surface area contributed by atoms with Crippen LogP contribution in [0.4, 0.5) is 0 Å². The first kappa shape index (κ1) is 29.4. The maximum atomic E-state index is 6.52. The number of rotatable bonds is 4. The lowest BCUT2D eigenvalue weighted by atomic mass is 9.60. The molecule has 0 bridgehead atoms. The van der Waals surface area contributed by atoms with Gasteiger partial charge in [0, 0.05) is 32.7 Å². The van der Waals surface area contributed by atoms with E-state index in [0.29, 0.717) is 17.6 Å². The van der Waals surface area contributed by atoms with Crippen LogP contribution >= 0.6 is 0 Å². The molecule has 0 aliphatic rings. The number of hydrogen-bond donors (Lipinski definition) is 0. The molecule has 0 unspecified atom stereocenters. The Morgan fingerprint density at radius 1 is 0.469 bits per heavy atom. The van der Waals surface area contributed by atoms with Gasteiger partial charge in [-0.25, -0.2) is 4.98 Å². The molecule has 0 aliphatic heterocycles. The Kier molecular flexibility index (Phi) is 6.70. The highest BCUT2D eigenvalue weighted by atomic mass is 16.3. The van der Waals surface area contributed by atoms with E-state index in [9.17, 15) is 0 Å². The third-order valence-corrected chi connectivity index (χ3v) is 10.5. The highest BCUT2D eigenvalue weighted by molar-refractivity contribution is 6.68. The van der Waals surface area contributed by atoms with Crippen LogP contribution < -0.4 is 27.3 Å². The van der Waals surface area contributed by atoms with Crippen molar-refractivity contribution < 1.29 is 4.42 Å². The third kappa shape index (κ3) is 4.51. The van der Waals surface area contributed by atoms with Crippen molar-refractivity contribution in [1.82, 2.24) is 19.5 Å². The quantitative estimate of drug-likeness (QED) is 0.277. The van der Waals surface area contributed by atoms with Crippen LogP contribution in [0, 0.1) is 0 Å². The van der Waals surface area contributed by atoms with Gasteiger partial charge in [-0.3, -0.25) is 4.57 Å². The number of para-hydroxylation sites is 2. The van der Waals surface area contributed by atoms with Crippen molar-refractivity contribution in [2.24, 2.45) is 0 Å². The fourth-order valence-corrected chi connectivity index (χ4v) is 7.50. The predicted molar refractivity (Wildman–Crippen MR) is 219 cm³/mol. The number of nitrogens with zero attached hydrogens (tertiary/aromatic N) is 4. The van der Waals surface area contributed by atoms with Gasteiger partial charge in [0.05, 0.1) is 11.0 Å². The zero-order valence-corrected chi connectivity index (χ0v) is 28.2. The van der Waals surface area contributed by atoms with Gasteiger partial charge < -0.3 is 4.42 Å². The van der Waals surface area contributed by atoms with Gasteiger partial charge in [-0.2, -0.15) is 9.97 Å². The first-order valence-corrected chi connectivity index (χ1v) is 16.7. The molecule has 9 rings (SSSR count). The van der Waals surface area contributed by atoms with E-state index < -0.39 is 0 Å². The molecular formula is C39H29B5N4O. The SMILES string of the molecule is Bc1c(B)c(B)c(-c2nc(-c3ccc4c(c3)oc3cccc(-c5ccccc5)c34)nc(-n3c4ccccc4c4ccccc43)n2)c(B)c1B. The van der Waals surface area contributed by atoms with Gasteiger partial charge in [-0.05, 0) is 41.5 Å². The van der Waals surface area contributed by atoms with Crippen molar-refractivity contribution in [3.63, 3.8) is 0 Å². The number of furan rings is 1. The summed E-state index contributed by atoms with van der Waals surface area (Å²) in [4.78, 5) is 15.7. The summed E-state index contributed by atoms with van der Waals surface area (Å²) in [5.74, 6) is 1.85. The second-order valence-corrected chi connectivity index (χ2v) is 13.0. The fourth-order valence-electron chi connectivity index (χ4n) is 7.50. The van der Waals surface area contributed by atoms with Crippen LogP contribution in [0.15, 0.2) is 120 Å². The first-order chi connectivity index (χ1) is 23.9. The Balaban J connectivity index is 1.32. The van der Waals surface area contributed by atoms with Crippen molar-refractivity contribution in [3.05, 3.63) is 115 Å². The molecule has 0 saturated carbocycles. The van der Waals surface area contributed by atoms with Crippen LogP contribution in [0.3, 0.4) is 0 Å². The van der Waals surface area contributed by atoms with Gasteiger partial charge >= 0.3 is 0 Å². The molecule has 3 aromatic heterocycles. The van der Waals surface area contributed by atoms with E-state index in [1.54, 1.807) is 0 Å². The van der Waals surface area contributed by atoms with Crippen molar-refractivity contribution in [2.75, 3.05) is 0 Å². The molecule has 226 valence electrons. The van der Waals surface area contributed by atoms with Crippen LogP contribution in [0.1, 0.15) is 0 Å². The monoisotopic (exact) mass is 624 g/mol. The van der Waals surface area contributed by atoms with E-state index in [0.717, 1.165) is 66.0 Å². The van der Waals surface area contributed by atoms with Gasteiger partial charge in [0.25, 0.3) is 0 Å². The van der Waals surface area contributed by atoms with E-state index in [1.807, 2.05) is 12.1 Å². The van der Waals surface area contributed by atoms with Crippen LogP contribution in [0.25, 0.3) is 83.6 Å². The van der Waals surface area contributed by atoms with E-state index in [4.69, 9.17) is 19.4 Å². The Bertz CT molecular complexity index is 2710. The summed E-state index contributed by atoms with van der Waals surface area (Å²) in [6.07, 6.45) is 0. The number of aromatic nitrogens is 4. The number of fused-ring (bicyclic) bond motifs is 6. The molecule has 6 aromatic carbocycles. The van der Waals surface area contributed by atoms with Crippen LogP contribution in [-0.4, -0.2) is 58.8 Å². The van der Waals surface area contributed by atoms with Crippen molar-refractivity contribution in [3.8, 4) is 39.9 Å². The predicted octanol–water partition coefficient (Wildman–Crippen LogP) is 1.16. The molecule has 10 heteroatoms. The standard InChI is InChI=1S/C39H29B5N4O/c40-32-31(33(41)35(43)36(44)34(32)42)38-45-37(46-39(47-38)48-26-14-6-4-11-23(26)24-12-5-7-15-27(24)48)21-17-18-25-29(19-21)49-28-16-8-13-22(30(25)28)20-9-2-1-3-10-20/h1-19H,40-44H2. The molecule has 9 aromatic rings. The average Bonchev–Trinajstić information content (AvgIpc) is 3.69. The van der Waals surface area contributed by atoms with Gasteiger partial charge in [0.2, 0.25) is 5.95 Å². The smallest absolute Gasteiger partial charge is 0.238 e. The van der Waals surface area contributed by atoms with E-state index >= 15 is 0 Å². The van der Waals surface area contributed by atoms with Crippen molar-refractivity contribution in [2.45, 2.75) is 0 Å². The highest BCUT2D eigenvalue weighted by Gasteiger charge is 2.22. The summed E-state index contributed by atoms with van der Waals surface area (Å²) in [6, 6.07) is 40.0. The molecule has 0 spiro atoms. The minimum atomic E-state index is 0.586. The maximum Gasteiger partial charge on any atom is 0.238 e. The second-order valence-electron chi connectivity index (χ2n) is 13.0. The molecule has 0 fully saturated rings. The number of benzene rings is 6. The Morgan fingerprint density at radius 2 is 1.08 bits per heavy atom. The Morgan fingerprint density at radius 3 is 1.78 bits per heavy atom. The summed E-state index contributed by atoms with van der Waals surface area (Å²) >= 11 is 0. The molecule has 0 atom stereocenters. The molecule has 0 saturated heterocycles. The lowest BCUT2D eigenvalue weighted by molar-refractivity contribution is 0.669. The zero-order chi connectivity index (χ0) is 33.4. The topological polar surface area (TPSA) is 56.7 Å². The van der Waals surface area contributed by atoms with Gasteiger partial charge in [0.1, 0.15) is 50.4 Å². The van der Waals surface area contributed by atoms with Crippen molar-refractivity contribution in [1.29, 1.82) is 0 Å². The van der Waals surface area contributed by atoms with Gasteiger partial charge in [0.15, 0.2) is 11.6 Å². The molecule has 0 radical (unpaired) electrons. The van der Waals surface area contributed by atoms with E-state index in [-0.39, 0.29) is 0 Å². The summed E-state index contributed by atoms with van der Waals surface area (Å²) < 4.78 is 8.69. The summed E-state index contributed by atoms with van der Waals surface area (Å²) in [5, 5.41) is 4.49. The molecule has 3 heterocycles. The van der Waals surface area contributed by atoms with Gasteiger partial charge in [-0.1, -0.05) is 95.9 Å². The average molecular weight is 624 g/mol. The minimum Gasteiger partial charge on any atom is -0.456 e. The Hall–Kier alpha value is -5.75. The molecule has 0 amide bonds. The number of hydrogen-bond acceptors (Lipinski definition) is 4. The zero-order valence-electron chi connectivity index (χ0n) is 28.2. The molecular weight excluding hydrogens is 595 g/mol. The summed E-state index contributed by atoms with van der Waals surface area (Å²) in [5.41, 5.74) is 14.2. The van der Waals surface area contributed by atoms with E-state index in [1.165, 1.54) is 27.3 Å². The maximum absolute atomic E-state index is 6.52. The molecule has 0 N–H and O–H groups in total. The van der Waals surface area contributed by atoms with Crippen LogP contribution in [-0.2, 0) is 0 Å². The highest BCUT2D eigenvalue weighted by Crippen LogP contribution is 2.38. The summed E-state index contributed by atoms with van der Waals surface area (Å²) in [7, 11) is 10.9. The van der Waals surface area contributed by atoms with Crippen molar-refractivity contribution >= 4 is 110 Å². The molecule has 0 aliphatic carbocycles. The Labute approximate surface area is 288 Å². The molecule has 5 nitrogen and oxygen atoms in total. The summed E-state index contributed by atoms with van der Waals surface area (Å²) in [6.45, 7) is 0.